The zero-order valence-corrected chi connectivity index (χ0v) is 18.8. The van der Waals surface area contributed by atoms with Crippen LogP contribution in [0.2, 0.25) is 0 Å². The molecule has 0 N–H and O–H groups in total. The van der Waals surface area contributed by atoms with E-state index in [4.69, 9.17) is 9.47 Å². The Hall–Kier alpha value is -3.68. The van der Waals surface area contributed by atoms with Crippen LogP contribution >= 0.6 is 0 Å². The van der Waals surface area contributed by atoms with Crippen LogP contribution in [0.25, 0.3) is 5.57 Å². The van der Waals surface area contributed by atoms with Gasteiger partial charge in [0.05, 0.1) is 25.3 Å². The van der Waals surface area contributed by atoms with Crippen LogP contribution < -0.4 is 9.47 Å². The molecular formula is C27H21F5O3. The van der Waals surface area contributed by atoms with Crippen molar-refractivity contribution in [2.75, 3.05) is 14.2 Å². The average Bonchev–Trinajstić information content (AvgIpc) is 3.28. The monoisotopic (exact) mass is 488 g/mol. The highest BCUT2D eigenvalue weighted by molar-refractivity contribution is 6.02. The first-order valence-corrected chi connectivity index (χ1v) is 10.7. The highest BCUT2D eigenvalue weighted by Crippen LogP contribution is 2.49. The lowest BCUT2D eigenvalue weighted by Crippen LogP contribution is -2.20. The highest BCUT2D eigenvalue weighted by atomic mass is 19.4. The molecule has 0 bridgehead atoms. The number of methoxy groups -OCH3 is 2. The number of carbonyl (C=O) groups excluding carboxylic acids is 1. The Morgan fingerprint density at radius 2 is 1.66 bits per heavy atom. The summed E-state index contributed by atoms with van der Waals surface area (Å²) < 4.78 is 78.8. The van der Waals surface area contributed by atoms with E-state index in [1.54, 1.807) is 36.4 Å². The van der Waals surface area contributed by atoms with Crippen LogP contribution in [0.15, 0.2) is 66.7 Å². The van der Waals surface area contributed by atoms with Crippen LogP contribution in [0.1, 0.15) is 39.4 Å². The standard InChI is InChI=1S/C27H21F5O3/c1-34-24-5-3-4-19(26(24)35-2)20-12-16(15-6-9-18(28)10-7-15)13-21(20)25(33)22-14-17(27(30,31)32)8-11-23(22)29/h3-11,13-14,20-21H,12H2,1-2H3. The molecule has 35 heavy (non-hydrogen) atoms. The maximum absolute atomic E-state index is 14.6. The van der Waals surface area contributed by atoms with E-state index >= 15 is 0 Å². The predicted octanol–water partition coefficient (Wildman–Crippen LogP) is 7.07. The lowest BCUT2D eigenvalue weighted by atomic mass is 9.82. The molecule has 0 saturated heterocycles. The first kappa shape index (κ1) is 24.4. The topological polar surface area (TPSA) is 35.5 Å². The van der Waals surface area contributed by atoms with Crippen LogP contribution in [0.3, 0.4) is 0 Å². The largest absolute Gasteiger partial charge is 0.493 e. The van der Waals surface area contributed by atoms with Gasteiger partial charge in [-0.1, -0.05) is 30.3 Å². The van der Waals surface area contributed by atoms with Crippen molar-refractivity contribution in [3.63, 3.8) is 0 Å². The SMILES string of the molecule is COc1cccc(C2CC(c3ccc(F)cc3)=CC2C(=O)c2cc(C(F)(F)F)ccc2F)c1OC. The first-order chi connectivity index (χ1) is 16.6. The van der Waals surface area contributed by atoms with Gasteiger partial charge in [-0.2, -0.15) is 13.2 Å². The van der Waals surface area contributed by atoms with Crippen LogP contribution in [0.4, 0.5) is 22.0 Å². The van der Waals surface area contributed by atoms with E-state index in [0.29, 0.717) is 52.8 Å². The van der Waals surface area contributed by atoms with Gasteiger partial charge in [-0.15, -0.1) is 0 Å². The van der Waals surface area contributed by atoms with E-state index in [1.807, 2.05) is 0 Å². The third kappa shape index (κ3) is 4.78. The van der Waals surface area contributed by atoms with Crippen molar-refractivity contribution >= 4 is 11.4 Å². The molecule has 182 valence electrons. The summed E-state index contributed by atoms with van der Waals surface area (Å²) in [7, 11) is 2.90. The Morgan fingerprint density at radius 3 is 2.29 bits per heavy atom. The Kier molecular flexibility index (Phi) is 6.65. The lowest BCUT2D eigenvalue weighted by molar-refractivity contribution is -0.137. The van der Waals surface area contributed by atoms with Crippen LogP contribution in [-0.2, 0) is 6.18 Å². The van der Waals surface area contributed by atoms with E-state index in [-0.39, 0.29) is 0 Å². The maximum atomic E-state index is 14.6. The van der Waals surface area contributed by atoms with Crippen molar-refractivity contribution in [2.45, 2.75) is 18.5 Å². The second-order valence-electron chi connectivity index (χ2n) is 8.17. The second kappa shape index (κ2) is 9.52. The number of allylic oxidation sites excluding steroid dienone is 2. The first-order valence-electron chi connectivity index (χ1n) is 10.7. The van der Waals surface area contributed by atoms with Gasteiger partial charge < -0.3 is 9.47 Å². The Labute approximate surface area is 198 Å². The molecule has 2 unspecified atom stereocenters. The minimum Gasteiger partial charge on any atom is -0.493 e. The van der Waals surface area contributed by atoms with E-state index in [0.717, 1.165) is 0 Å². The Morgan fingerprint density at radius 1 is 0.943 bits per heavy atom. The lowest BCUT2D eigenvalue weighted by Gasteiger charge is -2.23. The zero-order valence-electron chi connectivity index (χ0n) is 18.8. The number of rotatable bonds is 6. The molecule has 2 atom stereocenters. The summed E-state index contributed by atoms with van der Waals surface area (Å²) in [4.78, 5) is 13.5. The van der Waals surface area contributed by atoms with Crippen LogP contribution in [-0.4, -0.2) is 20.0 Å². The number of ketones is 1. The van der Waals surface area contributed by atoms with Gasteiger partial charge in [-0.05, 0) is 54.0 Å². The molecule has 4 rings (SSSR count). The number of hydrogen-bond donors (Lipinski definition) is 0. The third-order valence-electron chi connectivity index (χ3n) is 6.16. The van der Waals surface area contributed by atoms with Gasteiger partial charge >= 0.3 is 6.18 Å². The Bertz CT molecular complexity index is 1280. The van der Waals surface area contributed by atoms with E-state index in [9.17, 15) is 26.7 Å². The molecular weight excluding hydrogens is 467 g/mol. The number of benzene rings is 3. The summed E-state index contributed by atoms with van der Waals surface area (Å²) in [6.07, 6.45) is -2.83. The van der Waals surface area contributed by atoms with Gasteiger partial charge in [-0.3, -0.25) is 4.79 Å². The fraction of sp³-hybridized carbons (Fsp3) is 0.222. The number of carbonyl (C=O) groups is 1. The summed E-state index contributed by atoms with van der Waals surface area (Å²) in [5, 5.41) is 0. The average molecular weight is 488 g/mol. The minimum atomic E-state index is -4.73. The summed E-state index contributed by atoms with van der Waals surface area (Å²) in [5.41, 5.74) is 0.168. The van der Waals surface area contributed by atoms with Gasteiger partial charge in [0.25, 0.3) is 0 Å². The minimum absolute atomic E-state index is 0.298. The van der Waals surface area contributed by atoms with Gasteiger partial charge in [0.2, 0.25) is 0 Å². The quantitative estimate of drug-likeness (QED) is 0.275. The highest BCUT2D eigenvalue weighted by Gasteiger charge is 2.39. The van der Waals surface area contributed by atoms with Crippen molar-refractivity contribution in [3.8, 4) is 11.5 Å². The van der Waals surface area contributed by atoms with E-state index < -0.39 is 46.6 Å². The molecule has 0 spiro atoms. The smallest absolute Gasteiger partial charge is 0.416 e. The number of alkyl halides is 3. The molecule has 3 aromatic rings. The molecule has 0 heterocycles. The van der Waals surface area contributed by atoms with Gasteiger partial charge in [0.1, 0.15) is 11.6 Å². The number of para-hydroxylation sites is 1. The Balaban J connectivity index is 1.84. The molecule has 0 fully saturated rings. The predicted molar refractivity (Wildman–Crippen MR) is 121 cm³/mol. The molecule has 0 aliphatic heterocycles. The summed E-state index contributed by atoms with van der Waals surface area (Å²) in [5.74, 6) is -3.05. The zero-order chi connectivity index (χ0) is 25.3. The van der Waals surface area contributed by atoms with Crippen molar-refractivity contribution < 1.29 is 36.2 Å². The van der Waals surface area contributed by atoms with E-state index in [1.165, 1.54) is 26.4 Å². The molecule has 0 aromatic heterocycles. The van der Waals surface area contributed by atoms with Crippen LogP contribution in [0, 0.1) is 17.6 Å². The summed E-state index contributed by atoms with van der Waals surface area (Å²) in [6.45, 7) is 0. The molecule has 1 aliphatic carbocycles. The van der Waals surface area contributed by atoms with E-state index in [2.05, 4.69) is 0 Å². The second-order valence-corrected chi connectivity index (χ2v) is 8.17. The fourth-order valence-corrected chi connectivity index (χ4v) is 4.48. The summed E-state index contributed by atoms with van der Waals surface area (Å²) >= 11 is 0. The molecule has 1 aliphatic rings. The fourth-order valence-electron chi connectivity index (χ4n) is 4.48. The summed E-state index contributed by atoms with van der Waals surface area (Å²) in [6, 6.07) is 12.6. The molecule has 3 aromatic carbocycles. The molecule has 0 amide bonds. The maximum Gasteiger partial charge on any atom is 0.416 e. The third-order valence-corrected chi connectivity index (χ3v) is 6.16. The van der Waals surface area contributed by atoms with Gasteiger partial charge in [0, 0.05) is 17.4 Å². The van der Waals surface area contributed by atoms with Crippen molar-refractivity contribution in [3.05, 3.63) is 101 Å². The number of hydrogen-bond acceptors (Lipinski definition) is 3. The number of ether oxygens (including phenoxy) is 2. The number of halogens is 5. The van der Waals surface area contributed by atoms with Gasteiger partial charge in [0.15, 0.2) is 17.3 Å². The molecule has 8 heteroatoms. The van der Waals surface area contributed by atoms with Crippen molar-refractivity contribution in [2.24, 2.45) is 5.92 Å². The normalized spacial score (nSPS) is 17.7. The van der Waals surface area contributed by atoms with Crippen molar-refractivity contribution in [1.82, 2.24) is 0 Å². The van der Waals surface area contributed by atoms with Crippen LogP contribution in [0.5, 0.6) is 11.5 Å². The van der Waals surface area contributed by atoms with Crippen molar-refractivity contribution in [1.29, 1.82) is 0 Å². The van der Waals surface area contributed by atoms with Gasteiger partial charge in [-0.25, -0.2) is 8.78 Å². The number of Topliss-reactive ketones (excluding diaryl/α,β-unsaturated/α-hetero) is 1. The molecule has 3 nitrogen and oxygen atoms in total. The molecule has 0 saturated carbocycles. The molecule has 0 radical (unpaired) electrons.